The van der Waals surface area contributed by atoms with Crippen LogP contribution < -0.4 is 0 Å². The van der Waals surface area contributed by atoms with Crippen molar-refractivity contribution < 1.29 is 14.5 Å². The average Bonchev–Trinajstić information content (AvgIpc) is 2.34. The largest absolute Gasteiger partial charge is 0.370 e. The van der Waals surface area contributed by atoms with Crippen LogP contribution in [0.5, 0.6) is 0 Å². The summed E-state index contributed by atoms with van der Waals surface area (Å²) in [6.45, 7) is 1.47. The highest BCUT2D eigenvalue weighted by Gasteiger charge is 2.20. The van der Waals surface area contributed by atoms with E-state index in [0.29, 0.717) is 24.2 Å². The van der Waals surface area contributed by atoms with E-state index in [1.807, 2.05) is 0 Å². The fourth-order valence-corrected chi connectivity index (χ4v) is 2.13. The van der Waals surface area contributed by atoms with Gasteiger partial charge < -0.3 is 9.64 Å². The number of morpholine rings is 1. The SMILES string of the molecule is O=C1COCCN1Cc1ccc(Br)c([N+](=O)[O-])c1. The van der Waals surface area contributed by atoms with Crippen LogP contribution in [0.1, 0.15) is 5.56 Å². The van der Waals surface area contributed by atoms with Gasteiger partial charge in [-0.3, -0.25) is 14.9 Å². The van der Waals surface area contributed by atoms with E-state index < -0.39 is 4.92 Å². The molecule has 7 heteroatoms. The number of amides is 1. The van der Waals surface area contributed by atoms with Gasteiger partial charge in [-0.05, 0) is 27.6 Å². The minimum Gasteiger partial charge on any atom is -0.370 e. The van der Waals surface area contributed by atoms with Crippen molar-refractivity contribution in [2.45, 2.75) is 6.54 Å². The first-order valence-electron chi connectivity index (χ1n) is 5.36. The van der Waals surface area contributed by atoms with Crippen LogP contribution in [0.25, 0.3) is 0 Å². The fraction of sp³-hybridized carbons (Fsp3) is 0.364. The quantitative estimate of drug-likeness (QED) is 0.629. The van der Waals surface area contributed by atoms with Crippen LogP contribution >= 0.6 is 15.9 Å². The molecule has 1 fully saturated rings. The highest BCUT2D eigenvalue weighted by molar-refractivity contribution is 9.10. The van der Waals surface area contributed by atoms with Crippen LogP contribution in [0.15, 0.2) is 22.7 Å². The number of halogens is 1. The van der Waals surface area contributed by atoms with Gasteiger partial charge in [0, 0.05) is 19.2 Å². The Labute approximate surface area is 112 Å². The number of ether oxygens (including phenoxy) is 1. The monoisotopic (exact) mass is 314 g/mol. The highest BCUT2D eigenvalue weighted by atomic mass is 79.9. The van der Waals surface area contributed by atoms with Crippen LogP contribution in [-0.2, 0) is 16.1 Å². The minimum absolute atomic E-state index is 0.00760. The Morgan fingerprint density at radius 1 is 1.50 bits per heavy atom. The van der Waals surface area contributed by atoms with Crippen molar-refractivity contribution in [2.75, 3.05) is 19.8 Å². The summed E-state index contributed by atoms with van der Waals surface area (Å²) in [5, 5.41) is 10.8. The van der Waals surface area contributed by atoms with Gasteiger partial charge in [0.1, 0.15) is 6.61 Å². The maximum Gasteiger partial charge on any atom is 0.283 e. The molecule has 0 spiro atoms. The lowest BCUT2D eigenvalue weighted by molar-refractivity contribution is -0.385. The summed E-state index contributed by atoms with van der Waals surface area (Å²) in [5.74, 6) is -0.0909. The Hall–Kier alpha value is -1.47. The Morgan fingerprint density at radius 2 is 2.28 bits per heavy atom. The van der Waals surface area contributed by atoms with Crippen molar-refractivity contribution in [1.82, 2.24) is 4.90 Å². The molecule has 0 saturated carbocycles. The number of benzene rings is 1. The number of nitro groups is 1. The minimum atomic E-state index is -0.450. The first-order valence-corrected chi connectivity index (χ1v) is 6.15. The van der Waals surface area contributed by atoms with Crippen molar-refractivity contribution in [3.8, 4) is 0 Å². The van der Waals surface area contributed by atoms with Gasteiger partial charge in [-0.25, -0.2) is 0 Å². The molecule has 0 aliphatic carbocycles. The number of nitrogens with zero attached hydrogens (tertiary/aromatic N) is 2. The summed E-state index contributed by atoms with van der Waals surface area (Å²) in [5.41, 5.74) is 0.744. The molecule has 1 aliphatic heterocycles. The van der Waals surface area contributed by atoms with Crippen LogP contribution in [-0.4, -0.2) is 35.5 Å². The first kappa shape index (κ1) is 13.0. The lowest BCUT2D eigenvalue weighted by atomic mass is 10.2. The summed E-state index contributed by atoms with van der Waals surface area (Å²) in [6, 6.07) is 4.87. The third-order valence-corrected chi connectivity index (χ3v) is 3.34. The molecule has 1 aromatic rings. The lowest BCUT2D eigenvalue weighted by Gasteiger charge is -2.26. The Morgan fingerprint density at radius 3 is 2.94 bits per heavy atom. The van der Waals surface area contributed by atoms with Crippen molar-refractivity contribution in [3.63, 3.8) is 0 Å². The molecule has 0 radical (unpaired) electrons. The summed E-state index contributed by atoms with van der Waals surface area (Å²) >= 11 is 3.13. The average molecular weight is 315 g/mol. The van der Waals surface area contributed by atoms with Gasteiger partial charge >= 0.3 is 0 Å². The van der Waals surface area contributed by atoms with Crippen molar-refractivity contribution in [1.29, 1.82) is 0 Å². The highest BCUT2D eigenvalue weighted by Crippen LogP contribution is 2.26. The topological polar surface area (TPSA) is 72.7 Å². The second-order valence-corrected chi connectivity index (χ2v) is 4.77. The van der Waals surface area contributed by atoms with E-state index in [4.69, 9.17) is 4.74 Å². The fourth-order valence-electron chi connectivity index (χ4n) is 1.73. The van der Waals surface area contributed by atoms with E-state index in [0.717, 1.165) is 5.56 Å². The molecule has 1 saturated heterocycles. The molecule has 6 nitrogen and oxygen atoms in total. The number of carbonyl (C=O) groups is 1. The molecule has 0 atom stereocenters. The molecule has 2 rings (SSSR count). The van der Waals surface area contributed by atoms with Crippen LogP contribution in [0, 0.1) is 10.1 Å². The molecule has 0 bridgehead atoms. The smallest absolute Gasteiger partial charge is 0.283 e. The van der Waals surface area contributed by atoms with Gasteiger partial charge in [-0.15, -0.1) is 0 Å². The lowest BCUT2D eigenvalue weighted by Crippen LogP contribution is -2.40. The van der Waals surface area contributed by atoms with Crippen LogP contribution in [0.3, 0.4) is 0 Å². The van der Waals surface area contributed by atoms with Gasteiger partial charge in [0.2, 0.25) is 5.91 Å². The van der Waals surface area contributed by atoms with Crippen LogP contribution in [0.4, 0.5) is 5.69 Å². The molecular weight excluding hydrogens is 304 g/mol. The van der Waals surface area contributed by atoms with Crippen molar-refractivity contribution in [2.24, 2.45) is 0 Å². The third-order valence-electron chi connectivity index (χ3n) is 2.66. The zero-order chi connectivity index (χ0) is 13.1. The number of hydrogen-bond acceptors (Lipinski definition) is 4. The standard InChI is InChI=1S/C11H11BrN2O4/c12-9-2-1-8(5-10(9)14(16)17)6-13-3-4-18-7-11(13)15/h1-2,5H,3-4,6-7H2. The summed E-state index contributed by atoms with van der Waals surface area (Å²) in [6.07, 6.45) is 0. The van der Waals surface area contributed by atoms with E-state index in [1.54, 1.807) is 17.0 Å². The number of carbonyl (C=O) groups excluding carboxylic acids is 1. The molecule has 0 aromatic heterocycles. The molecule has 1 amide bonds. The van der Waals surface area contributed by atoms with E-state index in [9.17, 15) is 14.9 Å². The van der Waals surface area contributed by atoms with Gasteiger partial charge in [0.15, 0.2) is 0 Å². The maximum atomic E-state index is 11.5. The summed E-state index contributed by atoms with van der Waals surface area (Å²) in [7, 11) is 0. The molecule has 1 aliphatic rings. The maximum absolute atomic E-state index is 11.5. The van der Waals surface area contributed by atoms with Gasteiger partial charge in [-0.2, -0.15) is 0 Å². The van der Waals surface area contributed by atoms with Crippen molar-refractivity contribution >= 4 is 27.5 Å². The molecule has 18 heavy (non-hydrogen) atoms. The number of hydrogen-bond donors (Lipinski definition) is 0. The predicted octanol–water partition coefficient (Wildman–Crippen LogP) is 1.72. The molecule has 0 unspecified atom stereocenters. The Kier molecular flexibility index (Phi) is 3.93. The zero-order valence-corrected chi connectivity index (χ0v) is 11.1. The summed E-state index contributed by atoms with van der Waals surface area (Å²) in [4.78, 5) is 23.5. The first-order chi connectivity index (χ1) is 8.58. The third kappa shape index (κ3) is 2.85. The van der Waals surface area contributed by atoms with Crippen molar-refractivity contribution in [3.05, 3.63) is 38.3 Å². The molecule has 1 heterocycles. The van der Waals surface area contributed by atoms with E-state index in [2.05, 4.69) is 15.9 Å². The van der Waals surface area contributed by atoms with Crippen LogP contribution in [0.2, 0.25) is 0 Å². The van der Waals surface area contributed by atoms with E-state index in [-0.39, 0.29) is 18.2 Å². The number of nitro benzene ring substituents is 1. The molecule has 0 N–H and O–H groups in total. The summed E-state index contributed by atoms with van der Waals surface area (Å²) < 4.78 is 5.46. The van der Waals surface area contributed by atoms with Gasteiger partial charge in [0.25, 0.3) is 5.69 Å². The number of rotatable bonds is 3. The van der Waals surface area contributed by atoms with E-state index >= 15 is 0 Å². The Bertz CT molecular complexity index is 492. The zero-order valence-electron chi connectivity index (χ0n) is 9.47. The normalized spacial score (nSPS) is 15.8. The molecule has 96 valence electrons. The van der Waals surface area contributed by atoms with E-state index in [1.165, 1.54) is 6.07 Å². The molecular formula is C11H11BrN2O4. The predicted molar refractivity (Wildman–Crippen MR) is 67.0 cm³/mol. The second-order valence-electron chi connectivity index (χ2n) is 3.91. The van der Waals surface area contributed by atoms with Gasteiger partial charge in [0.05, 0.1) is 16.0 Å². The van der Waals surface area contributed by atoms with Gasteiger partial charge in [-0.1, -0.05) is 6.07 Å². The Balaban J connectivity index is 2.16. The molecule has 1 aromatic carbocycles. The second kappa shape index (κ2) is 5.45.